The van der Waals surface area contributed by atoms with Gasteiger partial charge in [-0.05, 0) is 81.1 Å². The summed E-state index contributed by atoms with van der Waals surface area (Å²) in [5.74, 6) is 3.12. The smallest absolute Gasteiger partial charge is 0.109 e. The van der Waals surface area contributed by atoms with Crippen molar-refractivity contribution in [2.75, 3.05) is 19.7 Å². The molecule has 5 heteroatoms. The van der Waals surface area contributed by atoms with Gasteiger partial charge in [-0.1, -0.05) is 19.3 Å². The third-order valence-electron chi connectivity index (χ3n) is 8.28. The minimum absolute atomic E-state index is 0.184. The number of aliphatic hydroxyl groups is 4. The van der Waals surface area contributed by atoms with Crippen molar-refractivity contribution in [3.8, 4) is 0 Å². The lowest BCUT2D eigenvalue weighted by Crippen LogP contribution is -2.62. The Hall–Kier alpha value is -0.200. The highest BCUT2D eigenvalue weighted by Gasteiger charge is 2.50. The number of aliphatic hydroxyl groups excluding tert-OH is 4. The molecule has 5 fully saturated rings. The second-order valence-corrected chi connectivity index (χ2v) is 10.4. The average Bonchev–Trinajstić information content (AvgIpc) is 2.61. The van der Waals surface area contributed by atoms with Crippen LogP contribution in [0.2, 0.25) is 0 Å². The van der Waals surface area contributed by atoms with Crippen LogP contribution in [0.25, 0.3) is 0 Å². The molecule has 5 nitrogen and oxygen atoms in total. The largest absolute Gasteiger partial charge is 0.395 e. The Kier molecular flexibility index (Phi) is 6.15. The van der Waals surface area contributed by atoms with E-state index in [-0.39, 0.29) is 6.61 Å². The van der Waals surface area contributed by atoms with Crippen molar-refractivity contribution in [1.82, 2.24) is 4.90 Å². The van der Waals surface area contributed by atoms with Crippen molar-refractivity contribution in [2.45, 2.75) is 95.0 Å². The van der Waals surface area contributed by atoms with Crippen LogP contribution in [0.5, 0.6) is 0 Å². The summed E-state index contributed by atoms with van der Waals surface area (Å²) in [6.07, 6.45) is 12.1. The molecule has 5 rings (SSSR count). The standard InChI is InChI=1S/C22H39NO4/c24-14-18-20(26)21(27)19(25)13-23(18)6-4-2-1-3-5-22-10-15-7-16(11-22)9-17(8-15)12-22/h15-21,24-27H,1-14H2/t15?,16?,17?,18-,19+,20-,21-,22?/m1/s1. The molecule has 0 aromatic heterocycles. The fourth-order valence-electron chi connectivity index (χ4n) is 7.40. The second kappa shape index (κ2) is 8.27. The predicted molar refractivity (Wildman–Crippen MR) is 104 cm³/mol. The molecule has 1 saturated heterocycles. The summed E-state index contributed by atoms with van der Waals surface area (Å²) in [5.41, 5.74) is 0.688. The Morgan fingerprint density at radius 2 is 1.37 bits per heavy atom. The van der Waals surface area contributed by atoms with Crippen LogP contribution in [-0.2, 0) is 0 Å². The fourth-order valence-corrected chi connectivity index (χ4v) is 7.40. The van der Waals surface area contributed by atoms with Crippen LogP contribution in [0.1, 0.15) is 70.6 Å². The number of hydrogen-bond donors (Lipinski definition) is 4. The Morgan fingerprint density at radius 1 is 0.778 bits per heavy atom. The van der Waals surface area contributed by atoms with Gasteiger partial charge in [-0.15, -0.1) is 0 Å². The number of likely N-dealkylation sites (tertiary alicyclic amines) is 1. The van der Waals surface area contributed by atoms with Crippen molar-refractivity contribution in [3.05, 3.63) is 0 Å². The summed E-state index contributed by atoms with van der Waals surface area (Å²) in [6.45, 7) is 0.914. The summed E-state index contributed by atoms with van der Waals surface area (Å²) >= 11 is 0. The van der Waals surface area contributed by atoms with Crippen LogP contribution in [0.4, 0.5) is 0 Å². The number of unbranched alkanes of at least 4 members (excludes halogenated alkanes) is 3. The van der Waals surface area contributed by atoms with Crippen molar-refractivity contribution in [2.24, 2.45) is 23.2 Å². The number of rotatable bonds is 8. The monoisotopic (exact) mass is 381 g/mol. The van der Waals surface area contributed by atoms with E-state index in [9.17, 15) is 20.4 Å². The first-order valence-corrected chi connectivity index (χ1v) is 11.4. The Labute approximate surface area is 163 Å². The minimum Gasteiger partial charge on any atom is -0.395 e. The lowest BCUT2D eigenvalue weighted by molar-refractivity contribution is -0.145. The van der Waals surface area contributed by atoms with Gasteiger partial charge in [0.05, 0.1) is 18.8 Å². The molecule has 5 aliphatic rings. The van der Waals surface area contributed by atoms with Gasteiger partial charge in [0.1, 0.15) is 12.2 Å². The molecule has 1 heterocycles. The first-order chi connectivity index (χ1) is 13.0. The molecule has 0 spiro atoms. The van der Waals surface area contributed by atoms with Gasteiger partial charge in [-0.3, -0.25) is 4.90 Å². The van der Waals surface area contributed by atoms with Crippen LogP contribution < -0.4 is 0 Å². The van der Waals surface area contributed by atoms with Gasteiger partial charge >= 0.3 is 0 Å². The summed E-state index contributed by atoms with van der Waals surface area (Å²) < 4.78 is 0. The third kappa shape index (κ3) is 4.23. The van der Waals surface area contributed by atoms with Crippen molar-refractivity contribution >= 4 is 0 Å². The second-order valence-electron chi connectivity index (χ2n) is 10.4. The molecule has 27 heavy (non-hydrogen) atoms. The normalized spacial score (nSPS) is 46.9. The van der Waals surface area contributed by atoms with Crippen molar-refractivity contribution < 1.29 is 20.4 Å². The highest BCUT2D eigenvalue weighted by atomic mass is 16.4. The molecular weight excluding hydrogens is 342 g/mol. The highest BCUT2D eigenvalue weighted by molar-refractivity contribution is 5.01. The molecule has 156 valence electrons. The number of hydrogen-bond acceptors (Lipinski definition) is 5. The van der Waals surface area contributed by atoms with E-state index in [0.717, 1.165) is 37.1 Å². The van der Waals surface area contributed by atoms with Crippen LogP contribution in [0.15, 0.2) is 0 Å². The van der Waals surface area contributed by atoms with Crippen LogP contribution in [0, 0.1) is 23.2 Å². The maximum Gasteiger partial charge on any atom is 0.109 e. The summed E-state index contributed by atoms with van der Waals surface area (Å²) in [7, 11) is 0. The van der Waals surface area contributed by atoms with Gasteiger partial charge in [0, 0.05) is 6.54 Å². The molecule has 0 radical (unpaired) electrons. The number of nitrogens with zero attached hydrogens (tertiary/aromatic N) is 1. The zero-order valence-electron chi connectivity index (χ0n) is 16.7. The highest BCUT2D eigenvalue weighted by Crippen LogP contribution is 2.61. The molecule has 0 amide bonds. The average molecular weight is 382 g/mol. The molecule has 1 aliphatic heterocycles. The van der Waals surface area contributed by atoms with Crippen molar-refractivity contribution in [1.29, 1.82) is 0 Å². The number of β-amino-alcohol motifs (C(OH)–C–C–N with tert-alkyl or cyclic N) is 1. The van der Waals surface area contributed by atoms with E-state index in [1.165, 1.54) is 57.8 Å². The SMILES string of the molecule is OC[C@@H]1[C@@H](O)[C@H](O)[C@@H](O)CN1CCCCCCC12CC3CC(CC(C3)C1)C2. The maximum absolute atomic E-state index is 10.1. The van der Waals surface area contributed by atoms with Crippen LogP contribution in [0.3, 0.4) is 0 Å². The quantitative estimate of drug-likeness (QED) is 0.483. The Morgan fingerprint density at radius 3 is 1.96 bits per heavy atom. The maximum atomic E-state index is 10.1. The van der Waals surface area contributed by atoms with Crippen LogP contribution >= 0.6 is 0 Å². The molecule has 4 bridgehead atoms. The van der Waals surface area contributed by atoms with Gasteiger partial charge < -0.3 is 20.4 Å². The summed E-state index contributed by atoms with van der Waals surface area (Å²) in [5, 5.41) is 39.3. The predicted octanol–water partition coefficient (Wildman–Crippen LogP) is 1.91. The molecule has 4 atom stereocenters. The fraction of sp³-hybridized carbons (Fsp3) is 1.00. The van der Waals surface area contributed by atoms with E-state index in [1.807, 2.05) is 4.90 Å². The summed E-state index contributed by atoms with van der Waals surface area (Å²) in [6, 6.07) is -0.463. The molecule has 0 aromatic carbocycles. The zero-order valence-corrected chi connectivity index (χ0v) is 16.7. The molecule has 4 saturated carbocycles. The minimum atomic E-state index is -1.15. The van der Waals surface area contributed by atoms with Gasteiger partial charge in [-0.2, -0.15) is 0 Å². The van der Waals surface area contributed by atoms with Gasteiger partial charge in [0.15, 0.2) is 0 Å². The van der Waals surface area contributed by atoms with E-state index in [2.05, 4.69) is 0 Å². The molecule has 4 N–H and O–H groups in total. The van der Waals surface area contributed by atoms with Gasteiger partial charge in [0.25, 0.3) is 0 Å². The van der Waals surface area contributed by atoms with E-state index in [0.29, 0.717) is 12.0 Å². The molecular formula is C22H39NO4. The zero-order chi connectivity index (χ0) is 19.0. The Bertz CT molecular complexity index is 463. The molecule has 0 unspecified atom stereocenters. The topological polar surface area (TPSA) is 84.2 Å². The van der Waals surface area contributed by atoms with Crippen LogP contribution in [-0.4, -0.2) is 69.4 Å². The number of piperidine rings is 1. The first kappa shape index (κ1) is 20.1. The van der Waals surface area contributed by atoms with E-state index in [4.69, 9.17) is 0 Å². The lowest BCUT2D eigenvalue weighted by atomic mass is 9.48. The lowest BCUT2D eigenvalue weighted by Gasteiger charge is -2.57. The van der Waals surface area contributed by atoms with E-state index < -0.39 is 24.4 Å². The summed E-state index contributed by atoms with van der Waals surface area (Å²) in [4.78, 5) is 1.95. The molecule has 0 aromatic rings. The Balaban J connectivity index is 1.16. The van der Waals surface area contributed by atoms with E-state index in [1.54, 1.807) is 0 Å². The first-order valence-electron chi connectivity index (χ1n) is 11.4. The van der Waals surface area contributed by atoms with E-state index >= 15 is 0 Å². The molecule has 4 aliphatic carbocycles. The third-order valence-corrected chi connectivity index (χ3v) is 8.28. The van der Waals surface area contributed by atoms with Crippen molar-refractivity contribution in [3.63, 3.8) is 0 Å². The van der Waals surface area contributed by atoms with Gasteiger partial charge in [-0.25, -0.2) is 0 Å². The van der Waals surface area contributed by atoms with Gasteiger partial charge in [0.2, 0.25) is 0 Å².